The molecule has 0 atom stereocenters. The molecule has 0 aliphatic heterocycles. The number of nitrogens with two attached hydrogens (primary N) is 1. The molecule has 0 radical (unpaired) electrons. The third-order valence-electron chi connectivity index (χ3n) is 1.84. The number of halogens is 2. The quantitative estimate of drug-likeness (QED) is 0.613. The lowest BCUT2D eigenvalue weighted by molar-refractivity contribution is 1.34. The van der Waals surface area contributed by atoms with Crippen LogP contribution in [0.3, 0.4) is 0 Å². The van der Waals surface area contributed by atoms with Crippen LogP contribution in [0.2, 0.25) is 0 Å². The third-order valence-corrected chi connectivity index (χ3v) is 3.34. The van der Waals surface area contributed by atoms with E-state index in [0.29, 0.717) is 5.95 Å². The van der Waals surface area contributed by atoms with Crippen molar-refractivity contribution < 1.29 is 0 Å². The molecule has 5 heteroatoms. The van der Waals surface area contributed by atoms with E-state index < -0.39 is 0 Å². The minimum atomic E-state index is 0.473. The maximum absolute atomic E-state index is 5.60. The predicted molar refractivity (Wildman–Crippen MR) is 65.9 cm³/mol. The Labute approximate surface area is 97.4 Å². The van der Waals surface area contributed by atoms with Gasteiger partial charge in [0.05, 0.1) is 11.0 Å². The van der Waals surface area contributed by atoms with Gasteiger partial charge >= 0.3 is 0 Å². The number of aromatic amines is 1. The second-order valence-electron chi connectivity index (χ2n) is 2.69. The van der Waals surface area contributed by atoms with E-state index in [0.717, 1.165) is 25.5 Å². The number of benzene rings is 1. The molecule has 0 aliphatic rings. The normalized spacial score (nSPS) is 10.9. The van der Waals surface area contributed by atoms with Gasteiger partial charge in [0.15, 0.2) is 5.95 Å². The number of hydrogen-bond acceptors (Lipinski definition) is 2. The fourth-order valence-corrected chi connectivity index (χ4v) is 2.26. The van der Waals surface area contributed by atoms with Crippen LogP contribution in [0.15, 0.2) is 12.1 Å². The third kappa shape index (κ3) is 1.54. The van der Waals surface area contributed by atoms with Crippen LogP contribution >= 0.6 is 38.5 Å². The first-order valence-corrected chi connectivity index (χ1v) is 5.91. The fourth-order valence-electron chi connectivity index (χ4n) is 1.24. The van der Waals surface area contributed by atoms with Crippen molar-refractivity contribution in [2.75, 3.05) is 5.73 Å². The van der Waals surface area contributed by atoms with Crippen molar-refractivity contribution in [1.82, 2.24) is 9.97 Å². The van der Waals surface area contributed by atoms with Crippen LogP contribution in [0.5, 0.6) is 0 Å². The minimum Gasteiger partial charge on any atom is -0.369 e. The van der Waals surface area contributed by atoms with Crippen LogP contribution in [0.1, 0.15) is 5.56 Å². The number of aromatic nitrogens is 2. The number of alkyl halides is 1. The summed E-state index contributed by atoms with van der Waals surface area (Å²) in [7, 11) is 0. The molecule has 1 heterocycles. The number of H-pyrrole nitrogens is 1. The number of imidazole rings is 1. The summed E-state index contributed by atoms with van der Waals surface area (Å²) in [5.41, 5.74) is 8.74. The van der Waals surface area contributed by atoms with Gasteiger partial charge in [-0.1, -0.05) is 22.0 Å². The Hall–Kier alpha value is -0.300. The number of nitrogen functional groups attached to an aromatic ring is 1. The van der Waals surface area contributed by atoms with Gasteiger partial charge < -0.3 is 10.7 Å². The number of nitrogens with zero attached hydrogens (tertiary/aromatic N) is 1. The summed E-state index contributed by atoms with van der Waals surface area (Å²) in [6.07, 6.45) is 0. The van der Waals surface area contributed by atoms with Gasteiger partial charge in [0.25, 0.3) is 0 Å². The Bertz CT molecular complexity index is 452. The van der Waals surface area contributed by atoms with Gasteiger partial charge in [-0.3, -0.25) is 0 Å². The van der Waals surface area contributed by atoms with Gasteiger partial charge in [0, 0.05) is 8.90 Å². The second-order valence-corrected chi connectivity index (χ2v) is 4.41. The molecule has 2 aromatic rings. The Morgan fingerprint density at radius 1 is 1.54 bits per heavy atom. The van der Waals surface area contributed by atoms with Crippen LogP contribution in [0, 0.1) is 3.57 Å². The molecule has 68 valence electrons. The van der Waals surface area contributed by atoms with Crippen molar-refractivity contribution in [3.8, 4) is 0 Å². The highest BCUT2D eigenvalue weighted by Crippen LogP contribution is 2.24. The first kappa shape index (κ1) is 9.26. The van der Waals surface area contributed by atoms with Crippen molar-refractivity contribution in [2.24, 2.45) is 0 Å². The topological polar surface area (TPSA) is 54.7 Å². The first-order valence-electron chi connectivity index (χ1n) is 3.71. The van der Waals surface area contributed by atoms with E-state index in [4.69, 9.17) is 5.73 Å². The van der Waals surface area contributed by atoms with Gasteiger partial charge in [-0.05, 0) is 34.2 Å². The number of fused-ring (bicyclic) bond motifs is 1. The van der Waals surface area contributed by atoms with E-state index in [1.54, 1.807) is 0 Å². The lowest BCUT2D eigenvalue weighted by Crippen LogP contribution is -1.84. The van der Waals surface area contributed by atoms with Crippen molar-refractivity contribution in [2.45, 2.75) is 5.33 Å². The number of hydrogen-bond donors (Lipinski definition) is 2. The molecule has 0 amide bonds. The standard InChI is InChI=1S/C8H7BrIN3/c9-3-4-1-2-5(10)7-6(4)12-8(11)13-7/h1-2H,3H2,(H3,11,12,13). The number of nitrogens with one attached hydrogen (secondary N) is 1. The van der Waals surface area contributed by atoms with Crippen molar-refractivity contribution >= 4 is 55.5 Å². The Morgan fingerprint density at radius 2 is 2.31 bits per heavy atom. The highest BCUT2D eigenvalue weighted by Gasteiger charge is 2.07. The van der Waals surface area contributed by atoms with E-state index in [1.807, 2.05) is 0 Å². The average molecular weight is 352 g/mol. The van der Waals surface area contributed by atoms with Crippen LogP contribution in [0.4, 0.5) is 5.95 Å². The first-order chi connectivity index (χ1) is 6.22. The van der Waals surface area contributed by atoms with E-state index in [1.165, 1.54) is 0 Å². The zero-order chi connectivity index (χ0) is 9.42. The van der Waals surface area contributed by atoms with Gasteiger partial charge in [0.1, 0.15) is 0 Å². The van der Waals surface area contributed by atoms with Gasteiger partial charge in [-0.25, -0.2) is 4.98 Å². The molecule has 2 rings (SSSR count). The number of anilines is 1. The van der Waals surface area contributed by atoms with E-state index in [-0.39, 0.29) is 0 Å². The molecule has 3 N–H and O–H groups in total. The average Bonchev–Trinajstić information content (AvgIpc) is 2.48. The minimum absolute atomic E-state index is 0.473. The molecule has 0 spiro atoms. The van der Waals surface area contributed by atoms with Crippen LogP contribution in [-0.2, 0) is 5.33 Å². The Morgan fingerprint density at radius 3 is 3.00 bits per heavy atom. The molecule has 0 bridgehead atoms. The van der Waals surface area contributed by atoms with Gasteiger partial charge in [0.2, 0.25) is 0 Å². The molecule has 0 unspecified atom stereocenters. The summed E-state index contributed by atoms with van der Waals surface area (Å²) in [5.74, 6) is 0.473. The monoisotopic (exact) mass is 351 g/mol. The van der Waals surface area contributed by atoms with Gasteiger partial charge in [-0.15, -0.1) is 0 Å². The van der Waals surface area contributed by atoms with E-state index in [2.05, 4.69) is 60.6 Å². The smallest absolute Gasteiger partial charge is 0.198 e. The summed E-state index contributed by atoms with van der Waals surface area (Å²) < 4.78 is 1.14. The Balaban J connectivity index is 2.83. The summed E-state index contributed by atoms with van der Waals surface area (Å²) in [6.45, 7) is 0. The largest absolute Gasteiger partial charge is 0.369 e. The maximum Gasteiger partial charge on any atom is 0.198 e. The molecule has 0 aliphatic carbocycles. The highest BCUT2D eigenvalue weighted by atomic mass is 127. The molecule has 13 heavy (non-hydrogen) atoms. The van der Waals surface area contributed by atoms with Crippen molar-refractivity contribution in [1.29, 1.82) is 0 Å². The zero-order valence-electron chi connectivity index (χ0n) is 6.64. The predicted octanol–water partition coefficient (Wildman–Crippen LogP) is 2.64. The highest BCUT2D eigenvalue weighted by molar-refractivity contribution is 14.1. The Kier molecular flexibility index (Phi) is 2.46. The SMILES string of the molecule is Nc1nc2c(CBr)ccc(I)c2[nH]1. The molecule has 1 aromatic carbocycles. The number of rotatable bonds is 1. The maximum atomic E-state index is 5.60. The van der Waals surface area contributed by atoms with Crippen molar-refractivity contribution in [3.05, 3.63) is 21.3 Å². The molecule has 0 saturated carbocycles. The lowest BCUT2D eigenvalue weighted by atomic mass is 10.2. The summed E-state index contributed by atoms with van der Waals surface area (Å²) in [5, 5.41) is 0.796. The molecular weight excluding hydrogens is 345 g/mol. The summed E-state index contributed by atoms with van der Waals surface area (Å²) >= 11 is 5.68. The molecule has 3 nitrogen and oxygen atoms in total. The summed E-state index contributed by atoms with van der Waals surface area (Å²) in [6, 6.07) is 4.11. The molecular formula is C8H7BrIN3. The van der Waals surface area contributed by atoms with E-state index in [9.17, 15) is 0 Å². The van der Waals surface area contributed by atoms with Crippen LogP contribution < -0.4 is 5.73 Å². The van der Waals surface area contributed by atoms with Crippen LogP contribution in [-0.4, -0.2) is 9.97 Å². The van der Waals surface area contributed by atoms with Crippen LogP contribution in [0.25, 0.3) is 11.0 Å². The summed E-state index contributed by atoms with van der Waals surface area (Å²) in [4.78, 5) is 7.27. The van der Waals surface area contributed by atoms with Gasteiger partial charge in [-0.2, -0.15) is 0 Å². The van der Waals surface area contributed by atoms with E-state index >= 15 is 0 Å². The zero-order valence-corrected chi connectivity index (χ0v) is 10.4. The molecule has 1 aromatic heterocycles. The molecule has 0 saturated heterocycles. The lowest BCUT2D eigenvalue weighted by Gasteiger charge is -1.97. The fraction of sp³-hybridized carbons (Fsp3) is 0.125. The molecule has 0 fully saturated rings. The second kappa shape index (κ2) is 3.45. The van der Waals surface area contributed by atoms with Crippen molar-refractivity contribution in [3.63, 3.8) is 0 Å².